The lowest BCUT2D eigenvalue weighted by atomic mass is 10.1. The van der Waals surface area contributed by atoms with Crippen LogP contribution in [0.5, 0.6) is 0 Å². The SMILES string of the molecule is CN1C=CNC1CCNC(=O)c1ccccc1NC(=O)c1cccc(C(F)(F)F)c1.Cl. The van der Waals surface area contributed by atoms with Gasteiger partial charge in [-0.2, -0.15) is 13.2 Å². The molecule has 1 aliphatic rings. The van der Waals surface area contributed by atoms with E-state index in [1.54, 1.807) is 18.2 Å². The largest absolute Gasteiger partial charge is 0.416 e. The molecule has 0 fully saturated rings. The van der Waals surface area contributed by atoms with Crippen LogP contribution < -0.4 is 16.0 Å². The summed E-state index contributed by atoms with van der Waals surface area (Å²) in [4.78, 5) is 27.0. The van der Waals surface area contributed by atoms with Crippen LogP contribution in [0.25, 0.3) is 0 Å². The monoisotopic (exact) mass is 454 g/mol. The first-order valence-corrected chi connectivity index (χ1v) is 9.26. The zero-order valence-electron chi connectivity index (χ0n) is 16.6. The van der Waals surface area contributed by atoms with E-state index in [0.29, 0.717) is 13.0 Å². The van der Waals surface area contributed by atoms with Crippen LogP contribution in [0, 0.1) is 0 Å². The fourth-order valence-corrected chi connectivity index (χ4v) is 3.02. The number of carbonyl (C=O) groups is 2. The van der Waals surface area contributed by atoms with E-state index >= 15 is 0 Å². The normalized spacial score (nSPS) is 15.1. The average molecular weight is 455 g/mol. The van der Waals surface area contributed by atoms with Crippen LogP contribution in [0.15, 0.2) is 60.9 Å². The first-order chi connectivity index (χ1) is 14.3. The maximum atomic E-state index is 12.9. The molecule has 1 aliphatic heterocycles. The molecule has 1 atom stereocenters. The Kier molecular flexibility index (Phi) is 7.93. The summed E-state index contributed by atoms with van der Waals surface area (Å²) in [5, 5.41) is 8.47. The Morgan fingerprint density at radius 3 is 2.52 bits per heavy atom. The molecular weight excluding hydrogens is 433 g/mol. The quantitative estimate of drug-likeness (QED) is 0.620. The van der Waals surface area contributed by atoms with Gasteiger partial charge in [-0.3, -0.25) is 9.59 Å². The lowest BCUT2D eigenvalue weighted by molar-refractivity contribution is -0.137. The highest BCUT2D eigenvalue weighted by Gasteiger charge is 2.31. The summed E-state index contributed by atoms with van der Waals surface area (Å²) in [6, 6.07) is 10.5. The Labute approximate surface area is 183 Å². The smallest absolute Gasteiger partial charge is 0.370 e. The number of para-hydroxylation sites is 1. The van der Waals surface area contributed by atoms with Crippen LogP contribution in [0.4, 0.5) is 18.9 Å². The van der Waals surface area contributed by atoms with Crippen LogP contribution in [-0.2, 0) is 6.18 Å². The molecule has 0 aromatic heterocycles. The van der Waals surface area contributed by atoms with Crippen LogP contribution in [0.1, 0.15) is 32.7 Å². The van der Waals surface area contributed by atoms with Crippen LogP contribution in [-0.4, -0.2) is 36.5 Å². The van der Waals surface area contributed by atoms with E-state index in [9.17, 15) is 22.8 Å². The van der Waals surface area contributed by atoms with E-state index in [2.05, 4.69) is 16.0 Å². The van der Waals surface area contributed by atoms with Gasteiger partial charge in [0, 0.05) is 38.0 Å². The van der Waals surface area contributed by atoms with Gasteiger partial charge in [-0.15, -0.1) is 12.4 Å². The summed E-state index contributed by atoms with van der Waals surface area (Å²) in [6.45, 7) is 0.401. The highest BCUT2D eigenvalue weighted by Crippen LogP contribution is 2.29. The van der Waals surface area contributed by atoms with Crippen molar-refractivity contribution in [3.8, 4) is 0 Å². The third-order valence-electron chi connectivity index (χ3n) is 4.67. The Balaban J connectivity index is 0.00000341. The van der Waals surface area contributed by atoms with Gasteiger partial charge < -0.3 is 20.9 Å². The van der Waals surface area contributed by atoms with Crippen molar-refractivity contribution in [3.63, 3.8) is 0 Å². The molecule has 0 radical (unpaired) electrons. The molecule has 0 spiro atoms. The van der Waals surface area contributed by atoms with Gasteiger partial charge in [0.1, 0.15) is 0 Å². The predicted octanol–water partition coefficient (Wildman–Crippen LogP) is 3.83. The van der Waals surface area contributed by atoms with Gasteiger partial charge >= 0.3 is 6.18 Å². The number of hydrogen-bond acceptors (Lipinski definition) is 4. The molecule has 6 nitrogen and oxygen atoms in total. The number of anilines is 1. The molecular formula is C21H22ClF3N4O2. The van der Waals surface area contributed by atoms with E-state index in [4.69, 9.17) is 0 Å². The van der Waals surface area contributed by atoms with E-state index in [0.717, 1.165) is 12.1 Å². The zero-order chi connectivity index (χ0) is 21.7. The minimum Gasteiger partial charge on any atom is -0.370 e. The Morgan fingerprint density at radius 2 is 1.84 bits per heavy atom. The zero-order valence-corrected chi connectivity index (χ0v) is 17.4. The molecule has 1 heterocycles. The van der Waals surface area contributed by atoms with E-state index < -0.39 is 17.6 Å². The topological polar surface area (TPSA) is 73.5 Å². The molecule has 1 unspecified atom stereocenters. The van der Waals surface area contributed by atoms with Crippen molar-refractivity contribution in [1.29, 1.82) is 0 Å². The van der Waals surface area contributed by atoms with Gasteiger partial charge in [-0.05, 0) is 30.3 Å². The third-order valence-corrected chi connectivity index (χ3v) is 4.67. The van der Waals surface area contributed by atoms with Gasteiger partial charge in [0.15, 0.2) is 0 Å². The van der Waals surface area contributed by atoms with Gasteiger partial charge in [0.25, 0.3) is 11.8 Å². The average Bonchev–Trinajstić information content (AvgIpc) is 3.12. The highest BCUT2D eigenvalue weighted by molar-refractivity contribution is 6.09. The molecule has 10 heteroatoms. The Morgan fingerprint density at radius 1 is 1.10 bits per heavy atom. The molecule has 3 rings (SSSR count). The fraction of sp³-hybridized carbons (Fsp3) is 0.238. The molecule has 0 saturated heterocycles. The summed E-state index contributed by atoms with van der Waals surface area (Å²) in [6.07, 6.45) is -0.0862. The van der Waals surface area contributed by atoms with Crippen molar-refractivity contribution in [2.45, 2.75) is 18.8 Å². The second kappa shape index (κ2) is 10.2. The van der Waals surface area contributed by atoms with Crippen molar-refractivity contribution < 1.29 is 22.8 Å². The lowest BCUT2D eigenvalue weighted by Crippen LogP contribution is -2.37. The minimum atomic E-state index is -4.55. The van der Waals surface area contributed by atoms with E-state index in [1.165, 1.54) is 18.2 Å². The summed E-state index contributed by atoms with van der Waals surface area (Å²) < 4.78 is 38.7. The van der Waals surface area contributed by atoms with Crippen molar-refractivity contribution in [2.24, 2.45) is 0 Å². The third kappa shape index (κ3) is 6.14. The first kappa shape index (κ1) is 24.1. The van der Waals surface area contributed by atoms with Crippen molar-refractivity contribution in [1.82, 2.24) is 15.5 Å². The standard InChI is InChI=1S/C21H21F3N4O2.ClH/c1-28-12-11-25-18(28)9-10-26-20(30)16-7-2-3-8-17(16)27-19(29)14-5-4-6-15(13-14)21(22,23)24;/h2-8,11-13,18,25H,9-10H2,1H3,(H,26,30)(H,27,29);1H. The van der Waals surface area contributed by atoms with E-state index in [1.807, 2.05) is 24.3 Å². The first-order valence-electron chi connectivity index (χ1n) is 9.26. The van der Waals surface area contributed by atoms with Gasteiger partial charge in [-0.25, -0.2) is 0 Å². The number of hydrogen-bond donors (Lipinski definition) is 3. The van der Waals surface area contributed by atoms with Gasteiger partial charge in [0.2, 0.25) is 0 Å². The molecule has 0 aliphatic carbocycles. The summed E-state index contributed by atoms with van der Waals surface area (Å²) in [5.41, 5.74) is -0.622. The molecule has 2 amide bonds. The van der Waals surface area contributed by atoms with Crippen molar-refractivity contribution in [3.05, 3.63) is 77.6 Å². The number of nitrogens with zero attached hydrogens (tertiary/aromatic N) is 1. The number of halogens is 4. The number of alkyl halides is 3. The van der Waals surface area contributed by atoms with E-state index in [-0.39, 0.29) is 41.3 Å². The maximum absolute atomic E-state index is 12.9. The molecule has 166 valence electrons. The van der Waals surface area contributed by atoms with Crippen LogP contribution >= 0.6 is 12.4 Å². The molecule has 31 heavy (non-hydrogen) atoms. The Hall–Kier alpha value is -3.20. The second-order valence-electron chi connectivity index (χ2n) is 6.79. The molecule has 0 saturated carbocycles. The molecule has 2 aromatic carbocycles. The number of benzene rings is 2. The van der Waals surface area contributed by atoms with Crippen molar-refractivity contribution >= 4 is 29.9 Å². The van der Waals surface area contributed by atoms with Crippen LogP contribution in [0.3, 0.4) is 0 Å². The molecule has 2 aromatic rings. The predicted molar refractivity (Wildman–Crippen MR) is 114 cm³/mol. The fourth-order valence-electron chi connectivity index (χ4n) is 3.02. The number of rotatable bonds is 6. The number of amides is 2. The molecule has 0 bridgehead atoms. The maximum Gasteiger partial charge on any atom is 0.416 e. The highest BCUT2D eigenvalue weighted by atomic mass is 35.5. The number of carbonyl (C=O) groups excluding carboxylic acids is 2. The Bertz CT molecular complexity index is 966. The van der Waals surface area contributed by atoms with Gasteiger partial charge in [0.05, 0.1) is 23.0 Å². The summed E-state index contributed by atoms with van der Waals surface area (Å²) >= 11 is 0. The summed E-state index contributed by atoms with van der Waals surface area (Å²) in [7, 11) is 1.92. The van der Waals surface area contributed by atoms with Crippen molar-refractivity contribution in [2.75, 3.05) is 18.9 Å². The second-order valence-corrected chi connectivity index (χ2v) is 6.79. The van der Waals surface area contributed by atoms with Gasteiger partial charge in [-0.1, -0.05) is 18.2 Å². The molecule has 3 N–H and O–H groups in total. The minimum absolute atomic E-state index is 0. The summed E-state index contributed by atoms with van der Waals surface area (Å²) in [5.74, 6) is -1.12. The number of nitrogens with one attached hydrogen (secondary N) is 3. The van der Waals surface area contributed by atoms with Crippen LogP contribution in [0.2, 0.25) is 0 Å². The lowest BCUT2D eigenvalue weighted by Gasteiger charge is -2.21.